The number of hydrogen-bond donors (Lipinski definition) is 1. The lowest BCUT2D eigenvalue weighted by atomic mass is 10.1. The molecule has 78 valence electrons. The molecule has 2 rings (SSSR count). The Morgan fingerprint density at radius 2 is 2.27 bits per heavy atom. The average Bonchev–Trinajstić information content (AvgIpc) is 2.26. The van der Waals surface area contributed by atoms with Crippen LogP contribution < -0.4 is 5.56 Å². The summed E-state index contributed by atoms with van der Waals surface area (Å²) >= 11 is 0. The summed E-state index contributed by atoms with van der Waals surface area (Å²) in [6.07, 6.45) is 4.87. The molecular formula is C12H14N2O. The fraction of sp³-hybridized carbons (Fsp3) is 0.333. The van der Waals surface area contributed by atoms with Gasteiger partial charge in [0.15, 0.2) is 0 Å². The third kappa shape index (κ3) is 2.06. The maximum absolute atomic E-state index is 11.4. The number of aryl methyl sites for hydroxylation is 1. The second-order valence-electron chi connectivity index (χ2n) is 3.69. The van der Waals surface area contributed by atoms with Gasteiger partial charge >= 0.3 is 0 Å². The predicted octanol–water partition coefficient (Wildman–Crippen LogP) is 2.27. The molecule has 0 unspecified atom stereocenters. The van der Waals surface area contributed by atoms with Crippen LogP contribution in [0.25, 0.3) is 10.9 Å². The van der Waals surface area contributed by atoms with Crippen LogP contribution in [0.4, 0.5) is 0 Å². The monoisotopic (exact) mass is 202 g/mol. The first-order valence-electron chi connectivity index (χ1n) is 5.27. The van der Waals surface area contributed by atoms with Crippen molar-refractivity contribution in [3.8, 4) is 0 Å². The molecule has 0 amide bonds. The van der Waals surface area contributed by atoms with Crippen molar-refractivity contribution >= 4 is 10.9 Å². The van der Waals surface area contributed by atoms with Crippen LogP contribution in [0.3, 0.4) is 0 Å². The number of aromatic amines is 1. The second kappa shape index (κ2) is 4.26. The number of benzene rings is 1. The third-order valence-electron chi connectivity index (χ3n) is 2.53. The highest BCUT2D eigenvalue weighted by Crippen LogP contribution is 2.11. The number of nitrogens with one attached hydrogen (secondary N) is 1. The van der Waals surface area contributed by atoms with Crippen molar-refractivity contribution in [2.75, 3.05) is 0 Å². The number of rotatable bonds is 3. The van der Waals surface area contributed by atoms with Crippen molar-refractivity contribution in [2.45, 2.75) is 26.2 Å². The first-order chi connectivity index (χ1) is 7.31. The van der Waals surface area contributed by atoms with Crippen LogP contribution in [0.1, 0.15) is 25.3 Å². The highest BCUT2D eigenvalue weighted by molar-refractivity contribution is 5.77. The first kappa shape index (κ1) is 9.90. The predicted molar refractivity (Wildman–Crippen MR) is 61.0 cm³/mol. The van der Waals surface area contributed by atoms with Gasteiger partial charge in [0.1, 0.15) is 0 Å². The SMILES string of the molecule is CCCCc1ccc2c(=O)[nH]cnc2c1. The molecule has 3 nitrogen and oxygen atoms in total. The van der Waals surface area contributed by atoms with Gasteiger partial charge in [-0.1, -0.05) is 19.4 Å². The van der Waals surface area contributed by atoms with E-state index < -0.39 is 0 Å². The van der Waals surface area contributed by atoms with E-state index in [4.69, 9.17) is 0 Å². The smallest absolute Gasteiger partial charge is 0.258 e. The van der Waals surface area contributed by atoms with Gasteiger partial charge in [0.05, 0.1) is 17.2 Å². The summed E-state index contributed by atoms with van der Waals surface area (Å²) in [7, 11) is 0. The lowest BCUT2D eigenvalue weighted by Gasteiger charge is -2.01. The number of unbranched alkanes of at least 4 members (excludes halogenated alkanes) is 1. The summed E-state index contributed by atoms with van der Waals surface area (Å²) in [5.74, 6) is 0. The van der Waals surface area contributed by atoms with Crippen LogP contribution in [0.2, 0.25) is 0 Å². The molecule has 0 fully saturated rings. The Hall–Kier alpha value is -1.64. The number of fused-ring (bicyclic) bond motifs is 1. The molecule has 0 saturated carbocycles. The molecule has 0 atom stereocenters. The summed E-state index contributed by atoms with van der Waals surface area (Å²) < 4.78 is 0. The molecule has 0 aliphatic carbocycles. The maximum atomic E-state index is 11.4. The van der Waals surface area contributed by atoms with Crippen molar-refractivity contribution in [1.82, 2.24) is 9.97 Å². The van der Waals surface area contributed by atoms with Crippen LogP contribution in [-0.2, 0) is 6.42 Å². The molecule has 0 aliphatic rings. The van der Waals surface area contributed by atoms with E-state index in [2.05, 4.69) is 16.9 Å². The van der Waals surface area contributed by atoms with E-state index in [0.717, 1.165) is 11.9 Å². The lowest BCUT2D eigenvalue weighted by molar-refractivity contribution is 0.795. The zero-order chi connectivity index (χ0) is 10.7. The highest BCUT2D eigenvalue weighted by Gasteiger charge is 2.00. The molecule has 0 aliphatic heterocycles. The van der Waals surface area contributed by atoms with E-state index in [1.54, 1.807) is 0 Å². The quantitative estimate of drug-likeness (QED) is 0.829. The van der Waals surface area contributed by atoms with Gasteiger partial charge in [0.2, 0.25) is 0 Å². The van der Waals surface area contributed by atoms with Gasteiger partial charge in [0.25, 0.3) is 5.56 Å². The van der Waals surface area contributed by atoms with Crippen LogP contribution in [-0.4, -0.2) is 9.97 Å². The molecule has 1 N–H and O–H groups in total. The molecular weight excluding hydrogens is 188 g/mol. The summed E-state index contributed by atoms with van der Waals surface area (Å²) in [6.45, 7) is 2.17. The summed E-state index contributed by atoms with van der Waals surface area (Å²) in [4.78, 5) is 18.1. The Labute approximate surface area is 88.2 Å². The fourth-order valence-electron chi connectivity index (χ4n) is 1.65. The van der Waals surface area contributed by atoms with Crippen LogP contribution in [0, 0.1) is 0 Å². The zero-order valence-electron chi connectivity index (χ0n) is 8.79. The highest BCUT2D eigenvalue weighted by atomic mass is 16.1. The van der Waals surface area contributed by atoms with Crippen molar-refractivity contribution in [2.24, 2.45) is 0 Å². The van der Waals surface area contributed by atoms with Gasteiger partial charge in [-0.2, -0.15) is 0 Å². The molecule has 1 heterocycles. The molecule has 1 aromatic heterocycles. The summed E-state index contributed by atoms with van der Waals surface area (Å²) in [5, 5.41) is 0.665. The van der Waals surface area contributed by atoms with Gasteiger partial charge in [-0.15, -0.1) is 0 Å². The Bertz CT molecular complexity index is 516. The number of nitrogens with zero attached hydrogens (tertiary/aromatic N) is 1. The van der Waals surface area contributed by atoms with Gasteiger partial charge in [0, 0.05) is 0 Å². The van der Waals surface area contributed by atoms with Crippen molar-refractivity contribution < 1.29 is 0 Å². The van der Waals surface area contributed by atoms with Crippen LogP contribution in [0.5, 0.6) is 0 Å². The van der Waals surface area contributed by atoms with Crippen molar-refractivity contribution in [1.29, 1.82) is 0 Å². The molecule has 2 aromatic rings. The number of H-pyrrole nitrogens is 1. The fourth-order valence-corrected chi connectivity index (χ4v) is 1.65. The first-order valence-corrected chi connectivity index (χ1v) is 5.27. The summed E-state index contributed by atoms with van der Waals surface area (Å²) in [6, 6.07) is 5.86. The maximum Gasteiger partial charge on any atom is 0.258 e. The van der Waals surface area contributed by atoms with Gasteiger partial charge in [-0.3, -0.25) is 4.79 Å². The van der Waals surface area contributed by atoms with E-state index >= 15 is 0 Å². The van der Waals surface area contributed by atoms with Gasteiger partial charge in [-0.25, -0.2) is 4.98 Å². The van der Waals surface area contributed by atoms with Gasteiger partial charge in [-0.05, 0) is 30.5 Å². The Morgan fingerprint density at radius 3 is 3.07 bits per heavy atom. The molecule has 15 heavy (non-hydrogen) atoms. The van der Waals surface area contributed by atoms with E-state index in [0.29, 0.717) is 5.39 Å². The molecule has 3 heteroatoms. The van der Waals surface area contributed by atoms with Crippen molar-refractivity contribution in [3.63, 3.8) is 0 Å². The van der Waals surface area contributed by atoms with E-state index in [1.807, 2.05) is 18.2 Å². The van der Waals surface area contributed by atoms with Crippen molar-refractivity contribution in [3.05, 3.63) is 40.4 Å². The minimum atomic E-state index is -0.0676. The molecule has 1 aromatic carbocycles. The third-order valence-corrected chi connectivity index (χ3v) is 2.53. The Morgan fingerprint density at radius 1 is 1.40 bits per heavy atom. The van der Waals surface area contributed by atoms with E-state index in [1.165, 1.54) is 24.7 Å². The van der Waals surface area contributed by atoms with E-state index in [9.17, 15) is 4.79 Å². The van der Waals surface area contributed by atoms with Crippen LogP contribution in [0.15, 0.2) is 29.3 Å². The van der Waals surface area contributed by atoms with Crippen LogP contribution >= 0.6 is 0 Å². The lowest BCUT2D eigenvalue weighted by Crippen LogP contribution is -2.06. The zero-order valence-corrected chi connectivity index (χ0v) is 8.79. The molecule has 0 bridgehead atoms. The second-order valence-corrected chi connectivity index (χ2v) is 3.69. The average molecular weight is 202 g/mol. The minimum absolute atomic E-state index is 0.0676. The van der Waals surface area contributed by atoms with Gasteiger partial charge < -0.3 is 4.98 Å². The largest absolute Gasteiger partial charge is 0.313 e. The Kier molecular flexibility index (Phi) is 2.81. The molecule has 0 radical (unpaired) electrons. The molecule has 0 spiro atoms. The number of aromatic nitrogens is 2. The normalized spacial score (nSPS) is 10.7. The molecule has 0 saturated heterocycles. The van der Waals surface area contributed by atoms with E-state index in [-0.39, 0.29) is 5.56 Å². The standard InChI is InChI=1S/C12H14N2O/c1-2-3-4-9-5-6-10-11(7-9)13-8-14-12(10)15/h5-8H,2-4H2,1H3,(H,13,14,15). The summed E-state index contributed by atoms with van der Waals surface area (Å²) in [5.41, 5.74) is 1.97. The Balaban J connectivity index is 2.43. The minimum Gasteiger partial charge on any atom is -0.313 e. The topological polar surface area (TPSA) is 45.8 Å². The number of hydrogen-bond acceptors (Lipinski definition) is 2.